The van der Waals surface area contributed by atoms with Gasteiger partial charge in [-0.25, -0.2) is 0 Å². The molecule has 6 heteroatoms. The van der Waals surface area contributed by atoms with Crippen LogP contribution in [0.1, 0.15) is 51.9 Å². The van der Waals surface area contributed by atoms with Crippen molar-refractivity contribution in [2.24, 2.45) is 5.92 Å². The first-order chi connectivity index (χ1) is 10.1. The minimum absolute atomic E-state index is 0.221. The van der Waals surface area contributed by atoms with Gasteiger partial charge in [0.15, 0.2) is 0 Å². The van der Waals surface area contributed by atoms with Gasteiger partial charge in [0.25, 0.3) is 10.2 Å². The third kappa shape index (κ3) is 4.18. The first kappa shape index (κ1) is 17.2. The van der Waals surface area contributed by atoms with Crippen molar-refractivity contribution in [2.75, 3.05) is 33.2 Å². The lowest BCUT2D eigenvalue weighted by Gasteiger charge is -2.40. The zero-order valence-corrected chi connectivity index (χ0v) is 14.4. The molecule has 2 saturated heterocycles. The third-order valence-electron chi connectivity index (χ3n) is 4.79. The van der Waals surface area contributed by atoms with E-state index in [-0.39, 0.29) is 6.04 Å². The lowest BCUT2D eigenvalue weighted by atomic mass is 10.00. The Bertz CT molecular complexity index is 409. The molecule has 0 saturated carbocycles. The molecule has 0 aromatic rings. The van der Waals surface area contributed by atoms with Crippen molar-refractivity contribution in [1.82, 2.24) is 13.9 Å². The lowest BCUT2D eigenvalue weighted by Crippen LogP contribution is -2.53. The number of piperidine rings is 2. The summed E-state index contributed by atoms with van der Waals surface area (Å²) in [6.07, 6.45) is 7.36. The fourth-order valence-electron chi connectivity index (χ4n) is 3.74. The number of hydrogen-bond acceptors (Lipinski definition) is 3. The molecule has 21 heavy (non-hydrogen) atoms. The van der Waals surface area contributed by atoms with Crippen molar-refractivity contribution < 1.29 is 8.42 Å². The molecule has 2 heterocycles. The third-order valence-corrected chi connectivity index (χ3v) is 6.85. The van der Waals surface area contributed by atoms with Crippen LogP contribution in [0.3, 0.4) is 0 Å². The van der Waals surface area contributed by atoms with E-state index >= 15 is 0 Å². The molecular formula is C15H31N3O2S. The summed E-state index contributed by atoms with van der Waals surface area (Å²) in [5, 5.41) is 3.18. The van der Waals surface area contributed by atoms with Gasteiger partial charge < -0.3 is 5.32 Å². The summed E-state index contributed by atoms with van der Waals surface area (Å²) in [5.74, 6) is 0.452. The molecule has 2 aliphatic heterocycles. The summed E-state index contributed by atoms with van der Waals surface area (Å²) in [4.78, 5) is 0. The Hall–Kier alpha value is -0.170. The Morgan fingerprint density at radius 3 is 2.67 bits per heavy atom. The maximum Gasteiger partial charge on any atom is 0.282 e. The summed E-state index contributed by atoms with van der Waals surface area (Å²) in [5.41, 5.74) is 0. The lowest BCUT2D eigenvalue weighted by molar-refractivity contribution is 0.199. The van der Waals surface area contributed by atoms with Crippen LogP contribution in [0, 0.1) is 5.92 Å². The maximum absolute atomic E-state index is 13.0. The van der Waals surface area contributed by atoms with E-state index in [1.165, 1.54) is 6.42 Å². The smallest absolute Gasteiger partial charge is 0.282 e. The predicted octanol–water partition coefficient (Wildman–Crippen LogP) is 1.82. The number of nitrogens with one attached hydrogen (secondary N) is 1. The summed E-state index contributed by atoms with van der Waals surface area (Å²) in [7, 11) is -1.33. The minimum Gasteiger partial charge on any atom is -0.319 e. The van der Waals surface area contributed by atoms with Crippen molar-refractivity contribution >= 4 is 10.2 Å². The molecule has 124 valence electrons. The first-order valence-corrected chi connectivity index (χ1v) is 9.90. The number of hydrogen-bond donors (Lipinski definition) is 1. The fraction of sp³-hybridized carbons (Fsp3) is 1.00. The van der Waals surface area contributed by atoms with Gasteiger partial charge in [-0.2, -0.15) is 17.0 Å². The van der Waals surface area contributed by atoms with Crippen LogP contribution in [-0.4, -0.2) is 56.3 Å². The van der Waals surface area contributed by atoms with Gasteiger partial charge in [-0.3, -0.25) is 0 Å². The van der Waals surface area contributed by atoms with Crippen LogP contribution >= 0.6 is 0 Å². The Kier molecular flexibility index (Phi) is 6.47. The van der Waals surface area contributed by atoms with E-state index in [9.17, 15) is 8.42 Å². The molecule has 2 unspecified atom stereocenters. The second-order valence-corrected chi connectivity index (χ2v) is 8.36. The van der Waals surface area contributed by atoms with E-state index in [0.717, 1.165) is 45.1 Å². The van der Waals surface area contributed by atoms with E-state index in [1.54, 1.807) is 4.31 Å². The molecule has 2 rings (SSSR count). The summed E-state index contributed by atoms with van der Waals surface area (Å²) in [6, 6.07) is 0.221. The quantitative estimate of drug-likeness (QED) is 0.813. The zero-order valence-electron chi connectivity index (χ0n) is 13.6. The topological polar surface area (TPSA) is 52.7 Å². The Morgan fingerprint density at radius 1 is 1.14 bits per heavy atom. The van der Waals surface area contributed by atoms with Crippen LogP contribution in [0.5, 0.6) is 0 Å². The Morgan fingerprint density at radius 2 is 1.95 bits per heavy atom. The molecular weight excluding hydrogens is 286 g/mol. The van der Waals surface area contributed by atoms with E-state index in [1.807, 2.05) is 11.4 Å². The van der Waals surface area contributed by atoms with Crippen LogP contribution in [0.25, 0.3) is 0 Å². The van der Waals surface area contributed by atoms with E-state index in [4.69, 9.17) is 0 Å². The minimum atomic E-state index is -3.27. The van der Waals surface area contributed by atoms with Gasteiger partial charge in [-0.05, 0) is 51.6 Å². The van der Waals surface area contributed by atoms with Gasteiger partial charge in [0.1, 0.15) is 0 Å². The van der Waals surface area contributed by atoms with Crippen LogP contribution in [-0.2, 0) is 10.2 Å². The highest BCUT2D eigenvalue weighted by Crippen LogP contribution is 2.28. The Balaban J connectivity index is 2.08. The zero-order chi connectivity index (χ0) is 15.3. The monoisotopic (exact) mass is 317 g/mol. The summed E-state index contributed by atoms with van der Waals surface area (Å²) < 4.78 is 29.6. The summed E-state index contributed by atoms with van der Waals surface area (Å²) >= 11 is 0. The van der Waals surface area contributed by atoms with Crippen molar-refractivity contribution in [3.63, 3.8) is 0 Å². The Labute approximate surface area is 130 Å². The van der Waals surface area contributed by atoms with Crippen molar-refractivity contribution in [1.29, 1.82) is 0 Å². The van der Waals surface area contributed by atoms with Crippen molar-refractivity contribution in [2.45, 2.75) is 57.9 Å². The van der Waals surface area contributed by atoms with Crippen LogP contribution in [0.2, 0.25) is 0 Å². The van der Waals surface area contributed by atoms with Gasteiger partial charge in [0, 0.05) is 25.7 Å². The summed E-state index contributed by atoms with van der Waals surface area (Å²) in [6.45, 7) is 5.13. The predicted molar refractivity (Wildman–Crippen MR) is 86.4 cm³/mol. The molecule has 5 nitrogen and oxygen atoms in total. The molecule has 2 fully saturated rings. The van der Waals surface area contributed by atoms with Gasteiger partial charge in [-0.1, -0.05) is 19.8 Å². The van der Waals surface area contributed by atoms with Crippen LogP contribution in [0.4, 0.5) is 0 Å². The highest BCUT2D eigenvalue weighted by Gasteiger charge is 2.37. The van der Waals surface area contributed by atoms with E-state index < -0.39 is 10.2 Å². The van der Waals surface area contributed by atoms with E-state index in [0.29, 0.717) is 25.6 Å². The normalized spacial score (nSPS) is 29.6. The average Bonchev–Trinajstić information content (AvgIpc) is 2.49. The van der Waals surface area contributed by atoms with Crippen LogP contribution < -0.4 is 5.32 Å². The van der Waals surface area contributed by atoms with Crippen LogP contribution in [0.15, 0.2) is 0 Å². The average molecular weight is 317 g/mol. The molecule has 0 aromatic heterocycles. The van der Waals surface area contributed by atoms with Gasteiger partial charge in [-0.15, -0.1) is 0 Å². The molecule has 0 aromatic carbocycles. The second kappa shape index (κ2) is 7.90. The molecule has 2 aliphatic rings. The van der Waals surface area contributed by atoms with E-state index in [2.05, 4.69) is 12.2 Å². The maximum atomic E-state index is 13.0. The van der Waals surface area contributed by atoms with Gasteiger partial charge in [0.05, 0.1) is 0 Å². The molecule has 0 bridgehead atoms. The number of nitrogens with zero attached hydrogens (tertiary/aromatic N) is 2. The molecule has 0 amide bonds. The molecule has 2 atom stereocenters. The highest BCUT2D eigenvalue weighted by atomic mass is 32.2. The second-order valence-electron chi connectivity index (χ2n) is 6.48. The SMILES string of the molecule is CCCC1CCCCN1S(=O)(=O)N1CCCC(CNC)C1. The van der Waals surface area contributed by atoms with Crippen molar-refractivity contribution in [3.8, 4) is 0 Å². The van der Waals surface area contributed by atoms with Gasteiger partial charge >= 0.3 is 0 Å². The first-order valence-electron chi connectivity index (χ1n) is 8.51. The number of rotatable bonds is 6. The fourth-order valence-corrected chi connectivity index (χ4v) is 5.74. The highest BCUT2D eigenvalue weighted by molar-refractivity contribution is 7.86. The van der Waals surface area contributed by atoms with Crippen molar-refractivity contribution in [3.05, 3.63) is 0 Å². The van der Waals surface area contributed by atoms with Gasteiger partial charge in [0.2, 0.25) is 0 Å². The molecule has 0 radical (unpaired) electrons. The molecule has 0 aliphatic carbocycles. The molecule has 0 spiro atoms. The standard InChI is InChI=1S/C15H31N3O2S/c1-3-7-15-9-4-5-11-18(15)21(19,20)17-10-6-8-14(13-17)12-16-2/h14-16H,3-13H2,1-2H3. The largest absolute Gasteiger partial charge is 0.319 e. The molecule has 1 N–H and O–H groups in total.